The molecule has 1 fully saturated rings. The molecule has 4 nitrogen and oxygen atoms in total. The van der Waals surface area contributed by atoms with Gasteiger partial charge in [0.15, 0.2) is 6.29 Å². The molecule has 0 spiro atoms. The van der Waals surface area contributed by atoms with E-state index < -0.39 is 0 Å². The fourth-order valence-corrected chi connectivity index (χ4v) is 4.03. The van der Waals surface area contributed by atoms with Crippen LogP contribution < -0.4 is 0 Å². The summed E-state index contributed by atoms with van der Waals surface area (Å²) in [6.07, 6.45) is 0.135. The Kier molecular flexibility index (Phi) is 6.21. The molecule has 23 heavy (non-hydrogen) atoms. The van der Waals surface area contributed by atoms with Crippen molar-refractivity contribution in [3.8, 4) is 0 Å². The van der Waals surface area contributed by atoms with E-state index in [2.05, 4.69) is 40.6 Å². The zero-order valence-corrected chi connectivity index (χ0v) is 15.0. The fourth-order valence-electron chi connectivity index (χ4n) is 2.72. The van der Waals surface area contributed by atoms with E-state index in [1.54, 1.807) is 29.8 Å². The molecule has 0 aliphatic carbocycles. The fraction of sp³-hybridized carbons (Fsp3) is 0.529. The van der Waals surface area contributed by atoms with E-state index in [1.165, 1.54) is 11.1 Å². The summed E-state index contributed by atoms with van der Waals surface area (Å²) in [5.41, 5.74) is 2.35. The minimum atomic E-state index is -0.383. The van der Waals surface area contributed by atoms with Crippen LogP contribution in [0.3, 0.4) is 0 Å². The van der Waals surface area contributed by atoms with Gasteiger partial charge in [0.05, 0.1) is 19.3 Å². The van der Waals surface area contributed by atoms with Crippen LogP contribution in [0, 0.1) is 0 Å². The van der Waals surface area contributed by atoms with Gasteiger partial charge in [-0.2, -0.15) is 22.7 Å². The van der Waals surface area contributed by atoms with Crippen molar-refractivity contribution < 1.29 is 18.9 Å². The van der Waals surface area contributed by atoms with E-state index in [0.29, 0.717) is 13.2 Å². The van der Waals surface area contributed by atoms with Crippen molar-refractivity contribution in [1.82, 2.24) is 0 Å². The van der Waals surface area contributed by atoms with Crippen molar-refractivity contribution in [3.63, 3.8) is 0 Å². The third-order valence-electron chi connectivity index (χ3n) is 3.95. The Bertz CT molecular complexity index is 505. The van der Waals surface area contributed by atoms with Crippen LogP contribution in [0.2, 0.25) is 0 Å². The number of methoxy groups -OCH3 is 1. The maximum absolute atomic E-state index is 6.14. The molecular weight excluding hydrogens is 332 g/mol. The van der Waals surface area contributed by atoms with Crippen LogP contribution >= 0.6 is 22.7 Å². The van der Waals surface area contributed by atoms with Gasteiger partial charge < -0.3 is 18.9 Å². The summed E-state index contributed by atoms with van der Waals surface area (Å²) >= 11 is 3.35. The molecule has 6 heteroatoms. The van der Waals surface area contributed by atoms with Crippen molar-refractivity contribution in [1.29, 1.82) is 0 Å². The highest BCUT2D eigenvalue weighted by atomic mass is 32.1. The Morgan fingerprint density at radius 3 is 2.09 bits per heavy atom. The summed E-state index contributed by atoms with van der Waals surface area (Å²) in [5, 5.41) is 8.31. The summed E-state index contributed by atoms with van der Waals surface area (Å²) < 4.78 is 23.7. The zero-order chi connectivity index (χ0) is 16.1. The first-order chi connectivity index (χ1) is 11.3. The first-order valence-electron chi connectivity index (χ1n) is 7.75. The molecular formula is C17H22O4S2. The molecule has 0 N–H and O–H groups in total. The Hall–Kier alpha value is -0.760. The lowest BCUT2D eigenvalue weighted by molar-refractivity contribution is -0.166. The first kappa shape index (κ1) is 17.1. The average molecular weight is 354 g/mol. The van der Waals surface area contributed by atoms with E-state index in [4.69, 9.17) is 18.9 Å². The van der Waals surface area contributed by atoms with Gasteiger partial charge in [-0.25, -0.2) is 0 Å². The second-order valence-electron chi connectivity index (χ2n) is 5.50. The Morgan fingerprint density at radius 1 is 1.00 bits per heavy atom. The molecule has 3 rings (SSSR count). The third-order valence-corrected chi connectivity index (χ3v) is 5.41. The lowest BCUT2D eigenvalue weighted by Crippen LogP contribution is -2.38. The molecule has 0 saturated carbocycles. The Labute approximate surface area is 145 Å². The summed E-state index contributed by atoms with van der Waals surface area (Å²) in [5.74, 6) is 0. The van der Waals surface area contributed by atoms with Crippen LogP contribution in [0.4, 0.5) is 0 Å². The van der Waals surface area contributed by atoms with Crippen molar-refractivity contribution in [2.45, 2.75) is 51.2 Å². The highest BCUT2D eigenvalue weighted by molar-refractivity contribution is 7.08. The van der Waals surface area contributed by atoms with E-state index in [9.17, 15) is 0 Å². The monoisotopic (exact) mass is 354 g/mol. The van der Waals surface area contributed by atoms with Crippen LogP contribution in [0.25, 0.3) is 0 Å². The molecule has 1 aliphatic rings. The molecule has 4 atom stereocenters. The molecule has 1 saturated heterocycles. The zero-order valence-electron chi connectivity index (χ0n) is 13.3. The summed E-state index contributed by atoms with van der Waals surface area (Å²) in [7, 11) is 1.65. The first-order valence-corrected chi connectivity index (χ1v) is 9.64. The normalized spacial score (nSPS) is 27.6. The summed E-state index contributed by atoms with van der Waals surface area (Å²) in [4.78, 5) is 0. The number of ether oxygens (including phenoxy) is 4. The van der Waals surface area contributed by atoms with E-state index in [-0.39, 0.29) is 24.6 Å². The van der Waals surface area contributed by atoms with Gasteiger partial charge in [0.1, 0.15) is 12.2 Å². The highest BCUT2D eigenvalue weighted by Crippen LogP contribution is 2.30. The van der Waals surface area contributed by atoms with Gasteiger partial charge in [-0.05, 0) is 51.2 Å². The Balaban J connectivity index is 1.65. The van der Waals surface area contributed by atoms with Gasteiger partial charge in [0.25, 0.3) is 0 Å². The maximum Gasteiger partial charge on any atom is 0.186 e. The van der Waals surface area contributed by atoms with Crippen molar-refractivity contribution in [2.75, 3.05) is 7.11 Å². The maximum atomic E-state index is 6.14. The molecule has 0 amide bonds. The lowest BCUT2D eigenvalue weighted by atomic mass is 10.1. The molecule has 3 heterocycles. The Morgan fingerprint density at radius 2 is 1.61 bits per heavy atom. The number of hydrogen-bond donors (Lipinski definition) is 0. The van der Waals surface area contributed by atoms with Gasteiger partial charge in [-0.15, -0.1) is 0 Å². The minimum Gasteiger partial charge on any atom is -0.368 e. The predicted molar refractivity (Wildman–Crippen MR) is 91.8 cm³/mol. The van der Waals surface area contributed by atoms with Gasteiger partial charge in [0, 0.05) is 7.11 Å². The van der Waals surface area contributed by atoms with Crippen LogP contribution in [-0.2, 0) is 32.2 Å². The smallest absolute Gasteiger partial charge is 0.186 e. The topological polar surface area (TPSA) is 36.9 Å². The van der Waals surface area contributed by atoms with Crippen molar-refractivity contribution in [3.05, 3.63) is 44.8 Å². The molecule has 0 radical (unpaired) electrons. The standard InChI is InChI=1S/C17H22O4S2/c1-3-14-15(19-8-12-4-6-22-10-12)16(17(18-2)21-14)20-9-13-5-7-23-11-13/h4-7,10-11,14-17H,3,8-9H2,1-2H3/t14-,15+,16-,17?/m1/s1. The van der Waals surface area contributed by atoms with Crippen molar-refractivity contribution in [2.24, 2.45) is 0 Å². The van der Waals surface area contributed by atoms with E-state index in [1.807, 2.05) is 0 Å². The SMILES string of the molecule is CC[C@H]1OC(OC)[C@H](OCc2ccsc2)[C@H]1OCc1ccsc1. The van der Waals surface area contributed by atoms with E-state index in [0.717, 1.165) is 6.42 Å². The van der Waals surface area contributed by atoms with Crippen LogP contribution in [0.5, 0.6) is 0 Å². The number of thiophene rings is 2. The van der Waals surface area contributed by atoms with Crippen LogP contribution in [0.15, 0.2) is 33.7 Å². The molecule has 1 unspecified atom stereocenters. The summed E-state index contributed by atoms with van der Waals surface area (Å²) in [6, 6.07) is 4.15. The van der Waals surface area contributed by atoms with Gasteiger partial charge in [0.2, 0.25) is 0 Å². The summed E-state index contributed by atoms with van der Waals surface area (Å²) in [6.45, 7) is 3.22. The van der Waals surface area contributed by atoms with Crippen LogP contribution in [-0.4, -0.2) is 31.7 Å². The number of hydrogen-bond acceptors (Lipinski definition) is 6. The number of rotatable bonds is 8. The quantitative estimate of drug-likeness (QED) is 0.716. The molecule has 126 valence electrons. The molecule has 2 aromatic heterocycles. The van der Waals surface area contributed by atoms with Gasteiger partial charge in [-0.3, -0.25) is 0 Å². The molecule has 2 aromatic rings. The van der Waals surface area contributed by atoms with Gasteiger partial charge >= 0.3 is 0 Å². The minimum absolute atomic E-state index is 0.00828. The predicted octanol–water partition coefficient (Wildman–Crippen LogP) is 4.06. The molecule has 1 aliphatic heterocycles. The van der Waals surface area contributed by atoms with Crippen molar-refractivity contribution >= 4 is 22.7 Å². The second kappa shape index (κ2) is 8.37. The highest BCUT2D eigenvalue weighted by Gasteiger charge is 2.45. The lowest BCUT2D eigenvalue weighted by Gasteiger charge is -2.23. The van der Waals surface area contributed by atoms with Crippen LogP contribution in [0.1, 0.15) is 24.5 Å². The molecule has 0 bridgehead atoms. The van der Waals surface area contributed by atoms with Gasteiger partial charge in [-0.1, -0.05) is 6.92 Å². The molecule has 0 aromatic carbocycles. The van der Waals surface area contributed by atoms with E-state index >= 15 is 0 Å². The average Bonchev–Trinajstić information content (AvgIpc) is 3.30. The third kappa shape index (κ3) is 4.21. The second-order valence-corrected chi connectivity index (χ2v) is 7.06. The largest absolute Gasteiger partial charge is 0.368 e.